The number of ether oxygens (including phenoxy) is 3. The number of aromatic nitrogens is 1. The maximum absolute atomic E-state index is 13.3. The summed E-state index contributed by atoms with van der Waals surface area (Å²) in [5.41, 5.74) is 0.619. The Labute approximate surface area is 218 Å². The molecular formula is C27H30F3N3O5. The molecule has 8 nitrogen and oxygen atoms in total. The van der Waals surface area contributed by atoms with Gasteiger partial charge in [-0.05, 0) is 42.7 Å². The molecule has 1 saturated heterocycles. The largest absolute Gasteiger partial charge is 0.497 e. The van der Waals surface area contributed by atoms with E-state index in [2.05, 4.69) is 10.3 Å². The third-order valence-electron chi connectivity index (χ3n) is 6.20. The molecule has 1 amide bonds. The average Bonchev–Trinajstić information content (AvgIpc) is 3.59. The van der Waals surface area contributed by atoms with Crippen LogP contribution in [0.1, 0.15) is 45.9 Å². The van der Waals surface area contributed by atoms with Crippen LogP contribution in [0.4, 0.5) is 13.2 Å². The van der Waals surface area contributed by atoms with Gasteiger partial charge >= 0.3 is 6.18 Å². The van der Waals surface area contributed by atoms with Gasteiger partial charge in [-0.1, -0.05) is 18.2 Å². The minimum absolute atomic E-state index is 0.00822. The number of nitrogens with zero attached hydrogens (tertiary/aromatic N) is 2. The lowest BCUT2D eigenvalue weighted by Crippen LogP contribution is -2.32. The molecule has 4 rings (SSSR count). The molecular weight excluding hydrogens is 503 g/mol. The highest BCUT2D eigenvalue weighted by molar-refractivity contribution is 5.91. The first-order chi connectivity index (χ1) is 18.2. The molecule has 1 aromatic heterocycles. The number of nitrogens with one attached hydrogen (secondary N) is 1. The third kappa shape index (κ3) is 7.26. The van der Waals surface area contributed by atoms with Crippen molar-refractivity contribution < 1.29 is 36.6 Å². The normalized spacial score (nSPS) is 15.6. The highest BCUT2D eigenvalue weighted by Crippen LogP contribution is 2.31. The van der Waals surface area contributed by atoms with Gasteiger partial charge < -0.3 is 23.9 Å². The minimum Gasteiger partial charge on any atom is -0.497 e. The Hall–Kier alpha value is -3.57. The second kappa shape index (κ2) is 12.3. The lowest BCUT2D eigenvalue weighted by Gasteiger charge is -2.23. The SMILES string of the molecule is COc1ccc(OC)c(CN(Cc2cccc(C(F)(F)F)c2)Cc2nc(C(=O)NC[C@@H]3CCCO3)co2)c1. The van der Waals surface area contributed by atoms with Crippen LogP contribution in [0.15, 0.2) is 53.1 Å². The topological polar surface area (TPSA) is 86.1 Å². The quantitative estimate of drug-likeness (QED) is 0.378. The van der Waals surface area contributed by atoms with Gasteiger partial charge in [0.25, 0.3) is 5.91 Å². The first kappa shape index (κ1) is 27.5. The fourth-order valence-corrected chi connectivity index (χ4v) is 4.30. The molecule has 0 spiro atoms. The number of methoxy groups -OCH3 is 2. The van der Waals surface area contributed by atoms with E-state index in [1.54, 1.807) is 31.4 Å². The number of amides is 1. The zero-order valence-corrected chi connectivity index (χ0v) is 21.2. The molecule has 1 N–H and O–H groups in total. The van der Waals surface area contributed by atoms with Crippen molar-refractivity contribution in [3.8, 4) is 11.5 Å². The summed E-state index contributed by atoms with van der Waals surface area (Å²) in [5, 5.41) is 2.80. The van der Waals surface area contributed by atoms with Crippen LogP contribution in [0.25, 0.3) is 0 Å². The van der Waals surface area contributed by atoms with E-state index in [0.717, 1.165) is 30.5 Å². The van der Waals surface area contributed by atoms with Crippen LogP contribution in [0, 0.1) is 0 Å². The van der Waals surface area contributed by atoms with Gasteiger partial charge in [-0.3, -0.25) is 9.69 Å². The monoisotopic (exact) mass is 533 g/mol. The van der Waals surface area contributed by atoms with Crippen molar-refractivity contribution in [2.75, 3.05) is 27.4 Å². The predicted octanol–water partition coefficient (Wildman–Crippen LogP) is 4.82. The summed E-state index contributed by atoms with van der Waals surface area (Å²) in [6.45, 7) is 1.66. The molecule has 11 heteroatoms. The molecule has 2 aromatic carbocycles. The van der Waals surface area contributed by atoms with Crippen LogP contribution in [0.3, 0.4) is 0 Å². The number of carbonyl (C=O) groups is 1. The number of benzene rings is 2. The Morgan fingerprint density at radius 2 is 1.97 bits per heavy atom. The molecule has 3 aromatic rings. The van der Waals surface area contributed by atoms with Crippen molar-refractivity contribution in [1.82, 2.24) is 15.2 Å². The number of hydrogen-bond acceptors (Lipinski definition) is 7. The Morgan fingerprint density at radius 1 is 1.13 bits per heavy atom. The third-order valence-corrected chi connectivity index (χ3v) is 6.20. The van der Waals surface area contributed by atoms with Crippen LogP contribution in [-0.4, -0.2) is 49.3 Å². The van der Waals surface area contributed by atoms with Gasteiger partial charge in [0.1, 0.15) is 17.8 Å². The Balaban J connectivity index is 1.53. The van der Waals surface area contributed by atoms with Gasteiger partial charge in [0.05, 0.1) is 32.4 Å². The maximum Gasteiger partial charge on any atom is 0.416 e. The van der Waals surface area contributed by atoms with Gasteiger partial charge in [-0.15, -0.1) is 0 Å². The molecule has 1 aliphatic heterocycles. The molecule has 1 atom stereocenters. The first-order valence-electron chi connectivity index (χ1n) is 12.2. The second-order valence-corrected chi connectivity index (χ2v) is 8.99. The fraction of sp³-hybridized carbons (Fsp3) is 0.407. The molecule has 204 valence electrons. The molecule has 0 saturated carbocycles. The van der Waals surface area contributed by atoms with Crippen molar-refractivity contribution in [3.63, 3.8) is 0 Å². The smallest absolute Gasteiger partial charge is 0.416 e. The summed E-state index contributed by atoms with van der Waals surface area (Å²) in [6.07, 6.45) is -1.33. The van der Waals surface area contributed by atoms with E-state index in [1.165, 1.54) is 19.4 Å². The van der Waals surface area contributed by atoms with Crippen molar-refractivity contribution in [3.05, 3.63) is 77.0 Å². The average molecular weight is 534 g/mol. The highest BCUT2D eigenvalue weighted by atomic mass is 19.4. The van der Waals surface area contributed by atoms with Crippen molar-refractivity contribution >= 4 is 5.91 Å². The molecule has 1 aliphatic rings. The zero-order chi connectivity index (χ0) is 27.1. The molecule has 0 aliphatic carbocycles. The van der Waals surface area contributed by atoms with Crippen LogP contribution < -0.4 is 14.8 Å². The van der Waals surface area contributed by atoms with Gasteiger partial charge in [-0.25, -0.2) is 4.98 Å². The number of rotatable bonds is 11. The Bertz CT molecular complexity index is 1220. The van der Waals surface area contributed by atoms with Crippen LogP contribution in [0.2, 0.25) is 0 Å². The summed E-state index contributed by atoms with van der Waals surface area (Å²) < 4.78 is 61.8. The van der Waals surface area contributed by atoms with Crippen LogP contribution in [-0.2, 0) is 30.5 Å². The molecule has 0 radical (unpaired) electrons. The van der Waals surface area contributed by atoms with E-state index in [4.69, 9.17) is 18.6 Å². The number of oxazole rings is 1. The summed E-state index contributed by atoms with van der Waals surface area (Å²) in [7, 11) is 3.09. The number of alkyl halides is 3. The Kier molecular flexibility index (Phi) is 8.90. The van der Waals surface area contributed by atoms with Gasteiger partial charge in [-0.2, -0.15) is 13.2 Å². The molecule has 1 fully saturated rings. The van der Waals surface area contributed by atoms with Crippen molar-refractivity contribution in [1.29, 1.82) is 0 Å². The lowest BCUT2D eigenvalue weighted by atomic mass is 10.1. The summed E-state index contributed by atoms with van der Waals surface area (Å²) in [4.78, 5) is 18.7. The van der Waals surface area contributed by atoms with E-state index in [9.17, 15) is 18.0 Å². The van der Waals surface area contributed by atoms with Crippen molar-refractivity contribution in [2.24, 2.45) is 0 Å². The Morgan fingerprint density at radius 3 is 2.68 bits per heavy atom. The highest BCUT2D eigenvalue weighted by Gasteiger charge is 2.30. The minimum atomic E-state index is -4.45. The van der Waals surface area contributed by atoms with Gasteiger partial charge in [0.2, 0.25) is 5.89 Å². The molecule has 0 bridgehead atoms. The van der Waals surface area contributed by atoms with E-state index < -0.39 is 11.7 Å². The lowest BCUT2D eigenvalue weighted by molar-refractivity contribution is -0.137. The predicted molar refractivity (Wildman–Crippen MR) is 132 cm³/mol. The van der Waals surface area contributed by atoms with E-state index >= 15 is 0 Å². The molecule has 38 heavy (non-hydrogen) atoms. The van der Waals surface area contributed by atoms with E-state index in [1.807, 2.05) is 4.90 Å². The number of hydrogen-bond donors (Lipinski definition) is 1. The standard InChI is InChI=1S/C27H30F3N3O5/c1-35-21-8-9-24(36-2)19(12-21)15-33(14-18-5-3-6-20(11-18)27(28,29)30)16-25-32-23(17-38-25)26(34)31-13-22-7-4-10-37-22/h3,5-6,8-9,11-12,17,22H,4,7,10,13-16H2,1-2H3,(H,31,34)/t22-/m0/s1. The second-order valence-electron chi connectivity index (χ2n) is 8.99. The summed E-state index contributed by atoms with van der Waals surface area (Å²) in [5.74, 6) is 1.08. The first-order valence-corrected chi connectivity index (χ1v) is 12.2. The fourth-order valence-electron chi connectivity index (χ4n) is 4.30. The van der Waals surface area contributed by atoms with Gasteiger partial charge in [0, 0.05) is 31.8 Å². The van der Waals surface area contributed by atoms with E-state index in [0.29, 0.717) is 36.8 Å². The number of halogens is 3. The number of carbonyl (C=O) groups excluding carboxylic acids is 1. The maximum atomic E-state index is 13.3. The molecule has 0 unspecified atom stereocenters. The summed E-state index contributed by atoms with van der Waals surface area (Å²) >= 11 is 0. The summed E-state index contributed by atoms with van der Waals surface area (Å²) in [6, 6.07) is 10.5. The van der Waals surface area contributed by atoms with Crippen molar-refractivity contribution in [2.45, 2.75) is 44.8 Å². The van der Waals surface area contributed by atoms with Crippen LogP contribution >= 0.6 is 0 Å². The molecule has 2 heterocycles. The zero-order valence-electron chi connectivity index (χ0n) is 21.2. The van der Waals surface area contributed by atoms with Crippen LogP contribution in [0.5, 0.6) is 11.5 Å². The van der Waals surface area contributed by atoms with Gasteiger partial charge in [0.15, 0.2) is 5.69 Å². The van der Waals surface area contributed by atoms with E-state index in [-0.39, 0.29) is 36.7 Å².